The van der Waals surface area contributed by atoms with E-state index in [1.165, 1.54) is 0 Å². The van der Waals surface area contributed by atoms with Gasteiger partial charge >= 0.3 is 0 Å². The van der Waals surface area contributed by atoms with Gasteiger partial charge in [-0.05, 0) is 25.1 Å². The lowest BCUT2D eigenvalue weighted by Gasteiger charge is -2.09. The summed E-state index contributed by atoms with van der Waals surface area (Å²) >= 11 is 1.62. The highest BCUT2D eigenvalue weighted by atomic mass is 32.2. The lowest BCUT2D eigenvalue weighted by Crippen LogP contribution is -2.02. The van der Waals surface area contributed by atoms with Crippen LogP contribution in [0.3, 0.4) is 0 Å². The summed E-state index contributed by atoms with van der Waals surface area (Å²) in [5, 5.41) is 9.22. The molecule has 1 aromatic carbocycles. The Hall–Kier alpha value is -0.870. The minimum atomic E-state index is -0.291. The van der Waals surface area contributed by atoms with E-state index in [-0.39, 0.29) is 6.10 Å². The first-order chi connectivity index (χ1) is 7.75. The second-order valence-electron chi connectivity index (χ2n) is 3.82. The molecule has 1 aliphatic heterocycles. The molecule has 0 radical (unpaired) electrons. The highest BCUT2D eigenvalue weighted by Crippen LogP contribution is 2.33. The van der Waals surface area contributed by atoms with Crippen molar-refractivity contribution < 1.29 is 14.6 Å². The van der Waals surface area contributed by atoms with Crippen molar-refractivity contribution in [3.05, 3.63) is 18.2 Å². The average Bonchev–Trinajstić information content (AvgIpc) is 2.50. The van der Waals surface area contributed by atoms with E-state index in [0.717, 1.165) is 22.8 Å². The normalized spacial score (nSPS) is 16.6. The quantitative estimate of drug-likeness (QED) is 0.823. The number of thioether (sulfide) groups is 1. The molecule has 0 bridgehead atoms. The molecule has 2 rings (SSSR count). The summed E-state index contributed by atoms with van der Waals surface area (Å²) < 4.78 is 11.1. The van der Waals surface area contributed by atoms with Crippen LogP contribution in [0.2, 0.25) is 0 Å². The van der Waals surface area contributed by atoms with Crippen molar-refractivity contribution >= 4 is 11.8 Å². The van der Waals surface area contributed by atoms with Crippen LogP contribution in [0.1, 0.15) is 13.3 Å². The van der Waals surface area contributed by atoms with E-state index in [9.17, 15) is 5.11 Å². The first-order valence-corrected chi connectivity index (χ1v) is 6.45. The second kappa shape index (κ2) is 5.46. The summed E-state index contributed by atoms with van der Waals surface area (Å²) in [7, 11) is 0. The van der Waals surface area contributed by atoms with Gasteiger partial charge < -0.3 is 14.6 Å². The minimum Gasteiger partial charge on any atom is -0.490 e. The van der Waals surface area contributed by atoms with Crippen LogP contribution in [0.5, 0.6) is 11.5 Å². The van der Waals surface area contributed by atoms with Gasteiger partial charge in [0, 0.05) is 17.1 Å². The molecule has 0 aliphatic carbocycles. The van der Waals surface area contributed by atoms with Crippen LogP contribution in [0.25, 0.3) is 0 Å². The minimum absolute atomic E-state index is 0.291. The number of rotatable bonds is 3. The zero-order valence-electron chi connectivity index (χ0n) is 9.31. The van der Waals surface area contributed by atoms with Gasteiger partial charge in [-0.1, -0.05) is 0 Å². The van der Waals surface area contributed by atoms with Crippen LogP contribution < -0.4 is 9.47 Å². The summed E-state index contributed by atoms with van der Waals surface area (Å²) in [6.07, 6.45) is 0.631. The molecule has 0 aromatic heterocycles. The van der Waals surface area contributed by atoms with Crippen molar-refractivity contribution in [2.75, 3.05) is 19.0 Å². The molecule has 1 aliphatic rings. The smallest absolute Gasteiger partial charge is 0.162 e. The molecular weight excluding hydrogens is 224 g/mol. The van der Waals surface area contributed by atoms with Crippen LogP contribution in [0.15, 0.2) is 23.1 Å². The molecular formula is C12H16O3S. The molecule has 0 saturated heterocycles. The van der Waals surface area contributed by atoms with Crippen LogP contribution in [0, 0.1) is 0 Å². The first-order valence-electron chi connectivity index (χ1n) is 5.46. The number of hydrogen-bond donors (Lipinski definition) is 1. The molecule has 1 heterocycles. The Bertz CT molecular complexity index is 352. The van der Waals surface area contributed by atoms with E-state index in [0.29, 0.717) is 19.0 Å². The number of fused-ring (bicyclic) bond motifs is 1. The zero-order chi connectivity index (χ0) is 11.4. The van der Waals surface area contributed by atoms with Crippen LogP contribution in [-0.2, 0) is 0 Å². The molecule has 0 spiro atoms. The molecule has 1 atom stereocenters. The number of benzene rings is 1. The lowest BCUT2D eigenvalue weighted by molar-refractivity contribution is 0.220. The van der Waals surface area contributed by atoms with Crippen LogP contribution in [-0.4, -0.2) is 30.2 Å². The van der Waals surface area contributed by atoms with Gasteiger partial charge in [0.2, 0.25) is 0 Å². The van der Waals surface area contributed by atoms with E-state index >= 15 is 0 Å². The van der Waals surface area contributed by atoms with E-state index in [2.05, 4.69) is 0 Å². The fourth-order valence-corrected chi connectivity index (χ4v) is 2.24. The summed E-state index contributed by atoms with van der Waals surface area (Å²) in [4.78, 5) is 1.10. The molecule has 16 heavy (non-hydrogen) atoms. The Labute approximate surface area is 99.8 Å². The van der Waals surface area contributed by atoms with Gasteiger partial charge in [0.1, 0.15) is 0 Å². The van der Waals surface area contributed by atoms with Gasteiger partial charge in [-0.2, -0.15) is 0 Å². The van der Waals surface area contributed by atoms with Crippen molar-refractivity contribution in [1.82, 2.24) is 0 Å². The molecule has 0 fully saturated rings. The molecule has 3 nitrogen and oxygen atoms in total. The zero-order valence-corrected chi connectivity index (χ0v) is 10.1. The fraction of sp³-hybridized carbons (Fsp3) is 0.500. The number of aliphatic hydroxyl groups is 1. The predicted octanol–water partition coefficient (Wildman–Crippen LogP) is 2.32. The van der Waals surface area contributed by atoms with E-state index < -0.39 is 0 Å². The molecule has 1 aromatic rings. The van der Waals surface area contributed by atoms with Crippen molar-refractivity contribution in [1.29, 1.82) is 0 Å². The Morgan fingerprint density at radius 2 is 2.06 bits per heavy atom. The standard InChI is InChI=1S/C12H16O3S/c1-9(13)8-16-10-3-4-11-12(7-10)15-6-2-5-14-11/h3-4,7,9,13H,2,5-6,8H2,1H3/t9-/m0/s1. The van der Waals surface area contributed by atoms with Crippen molar-refractivity contribution in [2.24, 2.45) is 0 Å². The number of aliphatic hydroxyl groups excluding tert-OH is 1. The highest BCUT2D eigenvalue weighted by molar-refractivity contribution is 7.99. The Kier molecular flexibility index (Phi) is 3.96. The van der Waals surface area contributed by atoms with Gasteiger partial charge in [0.15, 0.2) is 11.5 Å². The van der Waals surface area contributed by atoms with E-state index in [1.54, 1.807) is 18.7 Å². The molecule has 0 amide bonds. The predicted molar refractivity (Wildman–Crippen MR) is 64.5 cm³/mol. The number of hydrogen-bond acceptors (Lipinski definition) is 4. The average molecular weight is 240 g/mol. The van der Waals surface area contributed by atoms with Gasteiger partial charge in [0.25, 0.3) is 0 Å². The Balaban J connectivity index is 2.08. The highest BCUT2D eigenvalue weighted by Gasteiger charge is 2.10. The molecule has 0 unspecified atom stereocenters. The second-order valence-corrected chi connectivity index (χ2v) is 4.91. The van der Waals surface area contributed by atoms with E-state index in [4.69, 9.17) is 9.47 Å². The number of ether oxygens (including phenoxy) is 2. The van der Waals surface area contributed by atoms with Crippen molar-refractivity contribution in [2.45, 2.75) is 24.3 Å². The largest absolute Gasteiger partial charge is 0.490 e. The van der Waals surface area contributed by atoms with Gasteiger partial charge in [0.05, 0.1) is 19.3 Å². The fourth-order valence-electron chi connectivity index (χ4n) is 1.45. The third-order valence-corrected chi connectivity index (χ3v) is 3.45. The summed E-state index contributed by atoms with van der Waals surface area (Å²) in [6.45, 7) is 3.21. The van der Waals surface area contributed by atoms with Crippen molar-refractivity contribution in [3.8, 4) is 11.5 Å². The first kappa shape index (κ1) is 11.6. The molecule has 0 saturated carbocycles. The monoisotopic (exact) mass is 240 g/mol. The maximum atomic E-state index is 9.22. The third kappa shape index (κ3) is 3.06. The van der Waals surface area contributed by atoms with Gasteiger partial charge in [-0.15, -0.1) is 11.8 Å². The summed E-state index contributed by atoms with van der Waals surface area (Å²) in [5.41, 5.74) is 0. The van der Waals surface area contributed by atoms with Gasteiger partial charge in [-0.25, -0.2) is 0 Å². The maximum absolute atomic E-state index is 9.22. The van der Waals surface area contributed by atoms with Crippen molar-refractivity contribution in [3.63, 3.8) is 0 Å². The van der Waals surface area contributed by atoms with Gasteiger partial charge in [-0.3, -0.25) is 0 Å². The van der Waals surface area contributed by atoms with Crippen LogP contribution >= 0.6 is 11.8 Å². The lowest BCUT2D eigenvalue weighted by atomic mass is 10.3. The third-order valence-electron chi connectivity index (χ3n) is 2.21. The molecule has 1 N–H and O–H groups in total. The SMILES string of the molecule is C[C@H](O)CSc1ccc2c(c1)OCCCO2. The Morgan fingerprint density at radius 3 is 2.81 bits per heavy atom. The molecule has 88 valence electrons. The Morgan fingerprint density at radius 1 is 1.31 bits per heavy atom. The van der Waals surface area contributed by atoms with Crippen LogP contribution in [0.4, 0.5) is 0 Å². The van der Waals surface area contributed by atoms with E-state index in [1.807, 2.05) is 18.2 Å². The summed E-state index contributed by atoms with van der Waals surface area (Å²) in [6, 6.07) is 5.92. The maximum Gasteiger partial charge on any atom is 0.162 e. The summed E-state index contributed by atoms with van der Waals surface area (Å²) in [5.74, 6) is 2.33. The topological polar surface area (TPSA) is 38.7 Å². The molecule has 4 heteroatoms.